The zero-order valence-corrected chi connectivity index (χ0v) is 11.8. The van der Waals surface area contributed by atoms with Gasteiger partial charge in [0.2, 0.25) is 5.82 Å². The molecular formula is C14H23FN2O2. The summed E-state index contributed by atoms with van der Waals surface area (Å²) in [5, 5.41) is 0. The van der Waals surface area contributed by atoms with Gasteiger partial charge in [0.15, 0.2) is 0 Å². The van der Waals surface area contributed by atoms with Gasteiger partial charge in [0.1, 0.15) is 0 Å². The van der Waals surface area contributed by atoms with Gasteiger partial charge in [-0.2, -0.15) is 4.39 Å². The van der Waals surface area contributed by atoms with Crippen LogP contribution < -0.4 is 11.2 Å². The molecule has 0 radical (unpaired) electrons. The van der Waals surface area contributed by atoms with Gasteiger partial charge in [-0.3, -0.25) is 13.9 Å². The Labute approximate surface area is 112 Å². The molecule has 0 N–H and O–H groups in total. The van der Waals surface area contributed by atoms with Crippen molar-refractivity contribution in [3.05, 3.63) is 32.9 Å². The van der Waals surface area contributed by atoms with E-state index in [4.69, 9.17) is 0 Å². The van der Waals surface area contributed by atoms with E-state index in [1.165, 1.54) is 4.57 Å². The van der Waals surface area contributed by atoms with E-state index in [9.17, 15) is 14.0 Å². The van der Waals surface area contributed by atoms with Crippen LogP contribution in [0.25, 0.3) is 0 Å². The summed E-state index contributed by atoms with van der Waals surface area (Å²) in [6.45, 7) is 4.88. The molecule has 0 spiro atoms. The van der Waals surface area contributed by atoms with Crippen molar-refractivity contribution < 1.29 is 4.39 Å². The van der Waals surface area contributed by atoms with Gasteiger partial charge in [-0.05, 0) is 12.8 Å². The smallest absolute Gasteiger partial charge is 0.297 e. The van der Waals surface area contributed by atoms with Gasteiger partial charge in [0.25, 0.3) is 5.56 Å². The van der Waals surface area contributed by atoms with Gasteiger partial charge in [-0.15, -0.1) is 0 Å². The number of aromatic nitrogens is 2. The molecule has 0 bridgehead atoms. The van der Waals surface area contributed by atoms with Gasteiger partial charge < -0.3 is 0 Å². The third-order valence-electron chi connectivity index (χ3n) is 3.18. The molecule has 1 aromatic heterocycles. The fourth-order valence-electron chi connectivity index (χ4n) is 2.03. The third-order valence-corrected chi connectivity index (χ3v) is 3.18. The number of unbranched alkanes of at least 4 members (excludes halogenated alkanes) is 4. The molecular weight excluding hydrogens is 247 g/mol. The van der Waals surface area contributed by atoms with Crippen molar-refractivity contribution in [2.75, 3.05) is 0 Å². The number of rotatable bonds is 8. The molecule has 0 unspecified atom stereocenters. The Morgan fingerprint density at radius 1 is 1.00 bits per heavy atom. The topological polar surface area (TPSA) is 44.0 Å². The summed E-state index contributed by atoms with van der Waals surface area (Å²) in [4.78, 5) is 23.7. The number of aryl methyl sites for hydroxylation is 1. The Kier molecular flexibility index (Phi) is 6.53. The van der Waals surface area contributed by atoms with Crippen molar-refractivity contribution in [2.24, 2.45) is 0 Å². The maximum Gasteiger partial charge on any atom is 0.331 e. The van der Waals surface area contributed by atoms with Crippen LogP contribution >= 0.6 is 0 Å². The molecule has 0 atom stereocenters. The minimum Gasteiger partial charge on any atom is -0.297 e. The lowest BCUT2D eigenvalue weighted by molar-refractivity contribution is 0.463. The van der Waals surface area contributed by atoms with Crippen LogP contribution in [-0.4, -0.2) is 9.13 Å². The van der Waals surface area contributed by atoms with Crippen molar-refractivity contribution >= 4 is 0 Å². The predicted molar refractivity (Wildman–Crippen MR) is 74.0 cm³/mol. The Morgan fingerprint density at radius 3 is 2.16 bits per heavy atom. The fourth-order valence-corrected chi connectivity index (χ4v) is 2.03. The quantitative estimate of drug-likeness (QED) is 0.681. The molecule has 108 valence electrons. The SMILES string of the molecule is CCCCCn1cc(F)c(=O)n(CCCCC)c1=O. The minimum atomic E-state index is -0.840. The molecule has 0 saturated carbocycles. The fraction of sp³-hybridized carbons (Fsp3) is 0.714. The molecule has 1 heterocycles. The van der Waals surface area contributed by atoms with Gasteiger partial charge in [0, 0.05) is 13.1 Å². The zero-order chi connectivity index (χ0) is 14.3. The van der Waals surface area contributed by atoms with Crippen LogP contribution in [-0.2, 0) is 13.1 Å². The first-order valence-corrected chi connectivity index (χ1v) is 7.11. The molecule has 1 rings (SSSR count). The van der Waals surface area contributed by atoms with E-state index in [1.54, 1.807) is 0 Å². The van der Waals surface area contributed by atoms with Gasteiger partial charge in [-0.25, -0.2) is 4.79 Å². The summed E-state index contributed by atoms with van der Waals surface area (Å²) in [7, 11) is 0. The van der Waals surface area contributed by atoms with Crippen LogP contribution in [0, 0.1) is 5.82 Å². The standard InChI is InChI=1S/C14H23FN2O2/c1-3-5-7-9-16-11-12(15)13(18)17(14(16)19)10-8-6-4-2/h11H,3-10H2,1-2H3. The van der Waals surface area contributed by atoms with Crippen LogP contribution in [0.4, 0.5) is 4.39 Å². The average Bonchev–Trinajstić information content (AvgIpc) is 2.40. The Bertz CT molecular complexity index is 505. The first-order valence-electron chi connectivity index (χ1n) is 7.11. The lowest BCUT2D eigenvalue weighted by Gasteiger charge is -2.10. The largest absolute Gasteiger partial charge is 0.331 e. The minimum absolute atomic E-state index is 0.303. The van der Waals surface area contributed by atoms with Crippen LogP contribution in [0.2, 0.25) is 0 Å². The lowest BCUT2D eigenvalue weighted by atomic mass is 10.2. The first kappa shape index (κ1) is 15.7. The van der Waals surface area contributed by atoms with Crippen molar-refractivity contribution in [2.45, 2.75) is 65.5 Å². The highest BCUT2D eigenvalue weighted by Gasteiger charge is 2.10. The maximum absolute atomic E-state index is 13.5. The highest BCUT2D eigenvalue weighted by Crippen LogP contribution is 1.98. The Morgan fingerprint density at radius 2 is 1.58 bits per heavy atom. The van der Waals surface area contributed by atoms with Crippen LogP contribution in [0.15, 0.2) is 15.8 Å². The number of halogens is 1. The molecule has 0 saturated heterocycles. The lowest BCUT2D eigenvalue weighted by Crippen LogP contribution is -2.41. The average molecular weight is 270 g/mol. The predicted octanol–water partition coefficient (Wildman–Crippen LogP) is 2.53. The maximum atomic E-state index is 13.5. The molecule has 19 heavy (non-hydrogen) atoms. The number of hydrogen-bond acceptors (Lipinski definition) is 2. The van der Waals surface area contributed by atoms with Gasteiger partial charge >= 0.3 is 5.69 Å². The summed E-state index contributed by atoms with van der Waals surface area (Å²) >= 11 is 0. The first-order chi connectivity index (χ1) is 9.11. The molecule has 0 fully saturated rings. The van der Waals surface area contributed by atoms with Crippen LogP contribution in [0.5, 0.6) is 0 Å². The van der Waals surface area contributed by atoms with E-state index < -0.39 is 17.1 Å². The molecule has 0 amide bonds. The third kappa shape index (κ3) is 4.33. The number of nitrogens with zero attached hydrogens (tertiary/aromatic N) is 2. The summed E-state index contributed by atoms with van der Waals surface area (Å²) in [6.07, 6.45) is 6.53. The van der Waals surface area contributed by atoms with Crippen molar-refractivity contribution in [1.82, 2.24) is 9.13 Å². The molecule has 0 aliphatic carbocycles. The van der Waals surface area contributed by atoms with Crippen molar-refractivity contribution in [3.8, 4) is 0 Å². The monoisotopic (exact) mass is 270 g/mol. The normalized spacial score (nSPS) is 10.9. The van der Waals surface area contributed by atoms with Crippen molar-refractivity contribution in [1.29, 1.82) is 0 Å². The van der Waals surface area contributed by atoms with E-state index in [2.05, 4.69) is 6.92 Å². The van der Waals surface area contributed by atoms with Gasteiger partial charge in [-0.1, -0.05) is 39.5 Å². The number of hydrogen-bond donors (Lipinski definition) is 0. The second kappa shape index (κ2) is 7.92. The molecule has 0 aromatic carbocycles. The van der Waals surface area contributed by atoms with Gasteiger partial charge in [0.05, 0.1) is 6.20 Å². The summed E-state index contributed by atoms with van der Waals surface area (Å²) in [5.41, 5.74) is -1.19. The van der Waals surface area contributed by atoms with Crippen LogP contribution in [0.3, 0.4) is 0 Å². The molecule has 0 aliphatic heterocycles. The molecule has 1 aromatic rings. The van der Waals surface area contributed by atoms with Crippen LogP contribution in [0.1, 0.15) is 52.4 Å². The highest BCUT2D eigenvalue weighted by atomic mass is 19.1. The summed E-state index contributed by atoms with van der Waals surface area (Å²) in [6, 6.07) is 0. The van der Waals surface area contributed by atoms with E-state index in [0.717, 1.165) is 49.3 Å². The molecule has 5 heteroatoms. The molecule has 4 nitrogen and oxygen atoms in total. The summed E-state index contributed by atoms with van der Waals surface area (Å²) in [5.74, 6) is -0.840. The van der Waals surface area contributed by atoms with E-state index in [0.29, 0.717) is 13.1 Å². The van der Waals surface area contributed by atoms with Crippen molar-refractivity contribution in [3.63, 3.8) is 0 Å². The molecule has 0 aliphatic rings. The summed E-state index contributed by atoms with van der Waals surface area (Å²) < 4.78 is 15.9. The Balaban J connectivity index is 2.94. The zero-order valence-electron chi connectivity index (χ0n) is 11.8. The van der Waals surface area contributed by atoms with E-state index >= 15 is 0 Å². The van der Waals surface area contributed by atoms with E-state index in [-0.39, 0.29) is 0 Å². The Hall–Kier alpha value is -1.39. The second-order valence-electron chi connectivity index (χ2n) is 4.82. The van der Waals surface area contributed by atoms with E-state index in [1.807, 2.05) is 6.92 Å². The second-order valence-corrected chi connectivity index (χ2v) is 4.82. The highest BCUT2D eigenvalue weighted by molar-refractivity contribution is 4.90.